The van der Waals surface area contributed by atoms with Gasteiger partial charge in [-0.15, -0.1) is 0 Å². The Bertz CT molecular complexity index is 1500. The van der Waals surface area contributed by atoms with Crippen LogP contribution in [0.25, 0.3) is 22.0 Å². The zero-order valence-corrected chi connectivity index (χ0v) is 23.8. The third-order valence-corrected chi connectivity index (χ3v) is 6.82. The zero-order chi connectivity index (χ0) is 28.3. The summed E-state index contributed by atoms with van der Waals surface area (Å²) in [5.41, 5.74) is 3.70. The molecule has 1 atom stereocenters. The number of aromatic nitrogens is 2. The Balaban J connectivity index is 1.47. The van der Waals surface area contributed by atoms with Crippen LogP contribution in [-0.2, 0) is 21.6 Å². The molecule has 0 saturated heterocycles. The molecule has 1 aliphatic heterocycles. The highest BCUT2D eigenvalue weighted by molar-refractivity contribution is 5.93. The first-order valence-electron chi connectivity index (χ1n) is 13.7. The van der Waals surface area contributed by atoms with Gasteiger partial charge in [0.15, 0.2) is 6.23 Å². The van der Waals surface area contributed by atoms with Crippen LogP contribution in [0, 0.1) is 0 Å². The number of rotatable bonds is 7. The summed E-state index contributed by atoms with van der Waals surface area (Å²) < 4.78 is 19.7. The average Bonchev–Trinajstić information content (AvgIpc) is 3.36. The summed E-state index contributed by atoms with van der Waals surface area (Å²) in [4.78, 5) is 12.4. The molecule has 4 aromatic rings. The highest BCUT2D eigenvalue weighted by atomic mass is 16.6. The maximum Gasteiger partial charge on any atom is 0.408 e. The highest BCUT2D eigenvalue weighted by Gasteiger charge is 2.26. The summed E-state index contributed by atoms with van der Waals surface area (Å²) >= 11 is 0. The molecular weight excluding hydrogens is 502 g/mol. The number of nitrogens with one attached hydrogen (secondary N) is 1. The van der Waals surface area contributed by atoms with Gasteiger partial charge in [-0.05, 0) is 75.9 Å². The van der Waals surface area contributed by atoms with Crippen molar-refractivity contribution in [2.45, 2.75) is 71.4 Å². The predicted molar refractivity (Wildman–Crippen MR) is 157 cm³/mol. The van der Waals surface area contributed by atoms with Crippen molar-refractivity contribution in [3.8, 4) is 16.9 Å². The second kappa shape index (κ2) is 11.1. The molecule has 0 bridgehead atoms. The summed E-state index contributed by atoms with van der Waals surface area (Å²) in [6.45, 7) is 9.92. The Morgan fingerprint density at radius 2 is 1.77 bits per heavy atom. The topological polar surface area (TPSA) is 74.6 Å². The van der Waals surface area contributed by atoms with Crippen LogP contribution in [0.5, 0.6) is 5.75 Å². The third kappa shape index (κ3) is 6.30. The van der Waals surface area contributed by atoms with Crippen LogP contribution in [0.1, 0.15) is 64.8 Å². The minimum absolute atomic E-state index is 0.137. The smallest absolute Gasteiger partial charge is 0.408 e. The largest absolute Gasteiger partial charge is 0.487 e. The fourth-order valence-corrected chi connectivity index (χ4v) is 4.76. The number of carbonyl (C=O) groups excluding carboxylic acids is 1. The van der Waals surface area contributed by atoms with E-state index in [-0.39, 0.29) is 6.23 Å². The van der Waals surface area contributed by atoms with Crippen LogP contribution >= 0.6 is 0 Å². The summed E-state index contributed by atoms with van der Waals surface area (Å²) in [6.07, 6.45) is 7.03. The molecule has 0 spiro atoms. The second-order valence-electron chi connectivity index (χ2n) is 11.6. The minimum Gasteiger partial charge on any atom is -0.487 e. The van der Waals surface area contributed by atoms with Crippen molar-refractivity contribution in [3.05, 3.63) is 96.4 Å². The summed E-state index contributed by atoms with van der Waals surface area (Å²) in [7, 11) is 0. The molecule has 2 heterocycles. The first kappa shape index (κ1) is 27.3. The number of allylic oxidation sites excluding steroid dienone is 1. The molecule has 7 heteroatoms. The van der Waals surface area contributed by atoms with Crippen molar-refractivity contribution in [2.24, 2.45) is 0 Å². The van der Waals surface area contributed by atoms with Crippen molar-refractivity contribution < 1.29 is 19.0 Å². The van der Waals surface area contributed by atoms with Gasteiger partial charge < -0.3 is 19.5 Å². The second-order valence-corrected chi connectivity index (χ2v) is 11.6. The van der Waals surface area contributed by atoms with Crippen LogP contribution in [-0.4, -0.2) is 21.5 Å². The van der Waals surface area contributed by atoms with Crippen molar-refractivity contribution in [1.29, 1.82) is 0 Å². The van der Waals surface area contributed by atoms with E-state index in [1.165, 1.54) is 0 Å². The summed E-state index contributed by atoms with van der Waals surface area (Å²) in [6, 6.07) is 22.4. The van der Waals surface area contributed by atoms with Gasteiger partial charge in [0.25, 0.3) is 0 Å². The molecule has 1 unspecified atom stereocenters. The minimum atomic E-state index is -0.618. The number of nitrogens with zero attached hydrogens (tertiary/aromatic N) is 2. The maximum absolute atomic E-state index is 12.4. The van der Waals surface area contributed by atoms with Gasteiger partial charge in [-0.2, -0.15) is 5.10 Å². The lowest BCUT2D eigenvalue weighted by molar-refractivity contribution is 0.0470. The van der Waals surface area contributed by atoms with Gasteiger partial charge in [-0.3, -0.25) is 0 Å². The number of ether oxygens (including phenoxy) is 3. The number of amides is 1. The fourth-order valence-electron chi connectivity index (χ4n) is 4.76. The molecule has 1 aromatic heterocycles. The molecule has 1 amide bonds. The van der Waals surface area contributed by atoms with Crippen LogP contribution in [0.3, 0.4) is 0 Å². The number of alkyl carbamates (subject to hydrolysis) is 1. The van der Waals surface area contributed by atoms with E-state index < -0.39 is 17.2 Å². The van der Waals surface area contributed by atoms with Gasteiger partial charge in [0.1, 0.15) is 18.0 Å². The van der Waals surface area contributed by atoms with E-state index in [9.17, 15) is 4.79 Å². The standard InChI is InChI=1S/C33H37N3O4/c1-32(2,3)40-31(37)34-33(4,5)25-16-14-24(15-17-25)26-18-19-28-27(21-36(35-28)29-13-9-10-20-38-29)30(26)39-22-23-11-7-6-8-12-23/h6-8,10-12,14-21,29H,9,13,22H2,1-5H3,(H,34,37). The Labute approximate surface area is 235 Å². The Morgan fingerprint density at radius 1 is 1.02 bits per heavy atom. The van der Waals surface area contributed by atoms with Crippen molar-refractivity contribution >= 4 is 17.0 Å². The molecular formula is C33H37N3O4. The summed E-state index contributed by atoms with van der Waals surface area (Å²) in [5.74, 6) is 0.776. The lowest BCUT2D eigenvalue weighted by Gasteiger charge is -2.29. The maximum atomic E-state index is 12.4. The van der Waals surface area contributed by atoms with E-state index in [2.05, 4.69) is 35.6 Å². The first-order chi connectivity index (χ1) is 19.1. The summed E-state index contributed by atoms with van der Waals surface area (Å²) in [5, 5.41) is 8.73. The fraction of sp³-hybridized carbons (Fsp3) is 0.333. The van der Waals surface area contributed by atoms with Crippen molar-refractivity contribution in [3.63, 3.8) is 0 Å². The van der Waals surface area contributed by atoms with Gasteiger partial charge in [-0.1, -0.05) is 54.6 Å². The van der Waals surface area contributed by atoms with E-state index in [1.807, 2.05) is 88.0 Å². The van der Waals surface area contributed by atoms with Gasteiger partial charge >= 0.3 is 6.09 Å². The Kier molecular flexibility index (Phi) is 7.57. The zero-order valence-electron chi connectivity index (χ0n) is 23.8. The van der Waals surface area contributed by atoms with Crippen molar-refractivity contribution in [2.75, 3.05) is 0 Å². The molecule has 40 heavy (non-hydrogen) atoms. The number of fused-ring (bicyclic) bond motifs is 1. The average molecular weight is 540 g/mol. The molecule has 1 N–H and O–H groups in total. The molecule has 0 aliphatic carbocycles. The number of carbonyl (C=O) groups is 1. The SMILES string of the molecule is CC(C)(C)OC(=O)NC(C)(C)c1ccc(-c2ccc3nn(C4CCC=CO4)cc3c2OCc2ccccc2)cc1. The van der Waals surface area contributed by atoms with E-state index in [0.29, 0.717) is 6.61 Å². The molecule has 5 rings (SSSR count). The third-order valence-electron chi connectivity index (χ3n) is 6.82. The molecule has 208 valence electrons. The number of hydrogen-bond acceptors (Lipinski definition) is 5. The molecule has 1 aliphatic rings. The number of benzene rings is 3. The van der Waals surface area contributed by atoms with Gasteiger partial charge in [0.05, 0.1) is 22.7 Å². The van der Waals surface area contributed by atoms with Gasteiger partial charge in [-0.25, -0.2) is 9.48 Å². The lowest BCUT2D eigenvalue weighted by atomic mass is 9.92. The van der Waals surface area contributed by atoms with Gasteiger partial charge in [0, 0.05) is 18.2 Å². The monoisotopic (exact) mass is 539 g/mol. The van der Waals surface area contributed by atoms with E-state index in [1.54, 1.807) is 6.26 Å². The molecule has 0 fully saturated rings. The number of hydrogen-bond donors (Lipinski definition) is 1. The molecule has 3 aromatic carbocycles. The molecule has 0 radical (unpaired) electrons. The van der Waals surface area contributed by atoms with Crippen LogP contribution in [0.2, 0.25) is 0 Å². The van der Waals surface area contributed by atoms with Crippen LogP contribution < -0.4 is 10.1 Å². The Morgan fingerprint density at radius 3 is 2.45 bits per heavy atom. The normalized spacial score (nSPS) is 15.5. The quantitative estimate of drug-likeness (QED) is 0.259. The van der Waals surface area contributed by atoms with E-state index in [4.69, 9.17) is 19.3 Å². The Hall–Kier alpha value is -4.26. The molecule has 0 saturated carbocycles. The van der Waals surface area contributed by atoms with E-state index in [0.717, 1.165) is 51.7 Å². The highest BCUT2D eigenvalue weighted by Crippen LogP contribution is 2.39. The van der Waals surface area contributed by atoms with Gasteiger partial charge in [0.2, 0.25) is 0 Å². The first-order valence-corrected chi connectivity index (χ1v) is 13.7. The van der Waals surface area contributed by atoms with Crippen molar-refractivity contribution in [1.82, 2.24) is 15.1 Å². The van der Waals surface area contributed by atoms with Crippen LogP contribution in [0.15, 0.2) is 85.3 Å². The van der Waals surface area contributed by atoms with Crippen LogP contribution in [0.4, 0.5) is 4.79 Å². The van der Waals surface area contributed by atoms with E-state index >= 15 is 0 Å². The lowest BCUT2D eigenvalue weighted by Crippen LogP contribution is -2.43. The molecule has 7 nitrogen and oxygen atoms in total. The predicted octanol–water partition coefficient (Wildman–Crippen LogP) is 7.86.